The minimum Gasteiger partial charge on any atom is -0.484 e. The van der Waals surface area contributed by atoms with E-state index in [1.54, 1.807) is 12.1 Å². The van der Waals surface area contributed by atoms with Gasteiger partial charge in [-0.05, 0) is 25.0 Å². The van der Waals surface area contributed by atoms with Crippen LogP contribution in [0.4, 0.5) is 0 Å². The quantitative estimate of drug-likeness (QED) is 0.816. The van der Waals surface area contributed by atoms with E-state index < -0.39 is 11.9 Å². The van der Waals surface area contributed by atoms with Gasteiger partial charge in [0.05, 0.1) is 5.92 Å². The summed E-state index contributed by atoms with van der Waals surface area (Å²) in [6.07, 6.45) is 4.22. The standard InChI is InChI=1S/C16H21NO4/c18-15(11-21-12-7-3-1-4-8-12)17-14-10-6-2-5-9-13(14)16(19)20/h1,3-4,7-8,13-14H,2,5-6,9-11H2,(H,17,18)(H,19,20)/t13-,14+/m1/s1. The Kier molecular flexibility index (Phi) is 5.60. The van der Waals surface area contributed by atoms with Crippen LogP contribution in [0.5, 0.6) is 5.75 Å². The molecule has 5 nitrogen and oxygen atoms in total. The molecule has 0 aliphatic heterocycles. The van der Waals surface area contributed by atoms with Gasteiger partial charge < -0.3 is 15.2 Å². The summed E-state index contributed by atoms with van der Waals surface area (Å²) in [4.78, 5) is 23.2. The van der Waals surface area contributed by atoms with E-state index in [2.05, 4.69) is 5.32 Å². The minimum atomic E-state index is -0.828. The van der Waals surface area contributed by atoms with Crippen molar-refractivity contribution in [1.29, 1.82) is 0 Å². The average Bonchev–Trinajstić information content (AvgIpc) is 2.72. The third-order valence-electron chi connectivity index (χ3n) is 3.79. The van der Waals surface area contributed by atoms with Crippen LogP contribution >= 0.6 is 0 Å². The molecule has 0 unspecified atom stereocenters. The monoisotopic (exact) mass is 291 g/mol. The van der Waals surface area contributed by atoms with Crippen LogP contribution in [0.2, 0.25) is 0 Å². The predicted molar refractivity (Wildman–Crippen MR) is 78.1 cm³/mol. The van der Waals surface area contributed by atoms with Crippen molar-refractivity contribution in [2.24, 2.45) is 5.92 Å². The van der Waals surface area contributed by atoms with Gasteiger partial charge in [-0.25, -0.2) is 0 Å². The van der Waals surface area contributed by atoms with Gasteiger partial charge in [0.25, 0.3) is 5.91 Å². The van der Waals surface area contributed by atoms with E-state index in [0.29, 0.717) is 18.6 Å². The number of rotatable bonds is 5. The van der Waals surface area contributed by atoms with E-state index >= 15 is 0 Å². The molecule has 2 rings (SSSR count). The number of carboxylic acid groups (broad SMARTS) is 1. The minimum absolute atomic E-state index is 0.0904. The van der Waals surface area contributed by atoms with E-state index in [0.717, 1.165) is 19.3 Å². The van der Waals surface area contributed by atoms with Crippen LogP contribution in [0, 0.1) is 5.92 Å². The van der Waals surface area contributed by atoms with E-state index in [1.165, 1.54) is 0 Å². The highest BCUT2D eigenvalue weighted by atomic mass is 16.5. The van der Waals surface area contributed by atoms with Gasteiger partial charge in [-0.1, -0.05) is 37.5 Å². The third-order valence-corrected chi connectivity index (χ3v) is 3.79. The lowest BCUT2D eigenvalue weighted by atomic mass is 9.95. The molecule has 0 saturated heterocycles. The number of carboxylic acids is 1. The molecule has 0 radical (unpaired) electrons. The summed E-state index contributed by atoms with van der Waals surface area (Å²) >= 11 is 0. The summed E-state index contributed by atoms with van der Waals surface area (Å²) in [5.41, 5.74) is 0. The van der Waals surface area contributed by atoms with Crippen LogP contribution in [-0.2, 0) is 9.59 Å². The van der Waals surface area contributed by atoms with Crippen LogP contribution in [0.15, 0.2) is 30.3 Å². The molecule has 1 aliphatic rings. The number of para-hydroxylation sites is 1. The highest BCUT2D eigenvalue weighted by Crippen LogP contribution is 2.23. The Hall–Kier alpha value is -2.04. The van der Waals surface area contributed by atoms with Gasteiger partial charge in [0, 0.05) is 6.04 Å². The van der Waals surface area contributed by atoms with Crippen molar-refractivity contribution in [2.45, 2.75) is 38.1 Å². The van der Waals surface area contributed by atoms with Crippen LogP contribution in [0.1, 0.15) is 32.1 Å². The fourth-order valence-electron chi connectivity index (χ4n) is 2.69. The van der Waals surface area contributed by atoms with Gasteiger partial charge >= 0.3 is 5.97 Å². The molecule has 1 saturated carbocycles. The second kappa shape index (κ2) is 7.67. The number of carbonyl (C=O) groups excluding carboxylic acids is 1. The lowest BCUT2D eigenvalue weighted by Gasteiger charge is -2.22. The molecular formula is C16H21NO4. The molecule has 114 valence electrons. The maximum Gasteiger partial charge on any atom is 0.308 e. The summed E-state index contributed by atoms with van der Waals surface area (Å²) in [5, 5.41) is 12.1. The molecule has 2 atom stereocenters. The highest BCUT2D eigenvalue weighted by Gasteiger charge is 2.30. The number of nitrogens with one attached hydrogen (secondary N) is 1. The Morgan fingerprint density at radius 1 is 1.14 bits per heavy atom. The zero-order chi connectivity index (χ0) is 15.1. The number of hydrogen-bond donors (Lipinski definition) is 2. The molecule has 21 heavy (non-hydrogen) atoms. The molecule has 0 aromatic heterocycles. The van der Waals surface area contributed by atoms with Gasteiger partial charge in [-0.2, -0.15) is 0 Å². The Bertz CT molecular complexity index is 474. The van der Waals surface area contributed by atoms with Crippen LogP contribution in [-0.4, -0.2) is 29.6 Å². The fraction of sp³-hybridized carbons (Fsp3) is 0.500. The Balaban J connectivity index is 1.86. The number of benzene rings is 1. The normalized spacial score (nSPS) is 22.1. The van der Waals surface area contributed by atoms with Gasteiger partial charge in [0.1, 0.15) is 5.75 Å². The van der Waals surface area contributed by atoms with Crippen molar-refractivity contribution in [2.75, 3.05) is 6.61 Å². The topological polar surface area (TPSA) is 75.6 Å². The number of amides is 1. The molecule has 1 aliphatic carbocycles. The second-order valence-electron chi connectivity index (χ2n) is 5.36. The van der Waals surface area contributed by atoms with E-state index in [1.807, 2.05) is 18.2 Å². The number of aliphatic carboxylic acids is 1. The van der Waals surface area contributed by atoms with Gasteiger partial charge in [0.15, 0.2) is 6.61 Å². The first-order chi connectivity index (χ1) is 10.2. The van der Waals surface area contributed by atoms with Crippen molar-refractivity contribution in [3.05, 3.63) is 30.3 Å². The molecule has 2 N–H and O–H groups in total. The van der Waals surface area contributed by atoms with Gasteiger partial charge in [0.2, 0.25) is 0 Å². The van der Waals surface area contributed by atoms with Crippen molar-refractivity contribution in [3.63, 3.8) is 0 Å². The predicted octanol–water partition coefficient (Wildman–Crippen LogP) is 2.22. The maximum atomic E-state index is 11.9. The third kappa shape index (κ3) is 4.77. The Morgan fingerprint density at radius 3 is 2.57 bits per heavy atom. The summed E-state index contributed by atoms with van der Waals surface area (Å²) in [6, 6.07) is 8.79. The van der Waals surface area contributed by atoms with E-state index in [-0.39, 0.29) is 18.6 Å². The van der Waals surface area contributed by atoms with Crippen LogP contribution < -0.4 is 10.1 Å². The molecule has 1 aromatic rings. The van der Waals surface area contributed by atoms with E-state index in [9.17, 15) is 14.7 Å². The highest BCUT2D eigenvalue weighted by molar-refractivity contribution is 5.79. The van der Waals surface area contributed by atoms with E-state index in [4.69, 9.17) is 4.74 Å². The first-order valence-electron chi connectivity index (χ1n) is 7.37. The Morgan fingerprint density at radius 2 is 1.86 bits per heavy atom. The summed E-state index contributed by atoms with van der Waals surface area (Å²) < 4.78 is 5.38. The first kappa shape index (κ1) is 15.4. The molecule has 1 amide bonds. The van der Waals surface area contributed by atoms with Crippen molar-refractivity contribution in [3.8, 4) is 5.75 Å². The maximum absolute atomic E-state index is 11.9. The lowest BCUT2D eigenvalue weighted by Crippen LogP contribution is -2.44. The molecule has 0 heterocycles. The second-order valence-corrected chi connectivity index (χ2v) is 5.36. The smallest absolute Gasteiger partial charge is 0.308 e. The molecule has 0 bridgehead atoms. The number of ether oxygens (including phenoxy) is 1. The molecular weight excluding hydrogens is 270 g/mol. The zero-order valence-corrected chi connectivity index (χ0v) is 12.0. The van der Waals surface area contributed by atoms with Gasteiger partial charge in [-0.3, -0.25) is 9.59 Å². The summed E-state index contributed by atoms with van der Waals surface area (Å²) in [5.74, 6) is -0.959. The first-order valence-corrected chi connectivity index (χ1v) is 7.37. The van der Waals surface area contributed by atoms with Crippen LogP contribution in [0.25, 0.3) is 0 Å². The largest absolute Gasteiger partial charge is 0.484 e. The van der Waals surface area contributed by atoms with Crippen molar-refractivity contribution >= 4 is 11.9 Å². The molecule has 5 heteroatoms. The Labute approximate surface area is 124 Å². The molecule has 0 spiro atoms. The summed E-state index contributed by atoms with van der Waals surface area (Å²) in [7, 11) is 0. The molecule has 1 fully saturated rings. The fourth-order valence-corrected chi connectivity index (χ4v) is 2.69. The number of carbonyl (C=O) groups is 2. The SMILES string of the molecule is O=C(COc1ccccc1)N[C@H]1CCCCC[C@H]1C(=O)O. The average molecular weight is 291 g/mol. The number of hydrogen-bond acceptors (Lipinski definition) is 3. The lowest BCUT2D eigenvalue weighted by molar-refractivity contribution is -0.143. The van der Waals surface area contributed by atoms with Gasteiger partial charge in [-0.15, -0.1) is 0 Å². The molecule has 1 aromatic carbocycles. The van der Waals surface area contributed by atoms with Crippen molar-refractivity contribution in [1.82, 2.24) is 5.32 Å². The van der Waals surface area contributed by atoms with Crippen molar-refractivity contribution < 1.29 is 19.4 Å². The zero-order valence-electron chi connectivity index (χ0n) is 12.0. The van der Waals surface area contributed by atoms with Crippen LogP contribution in [0.3, 0.4) is 0 Å². The summed E-state index contributed by atoms with van der Waals surface area (Å²) in [6.45, 7) is -0.0904.